The molecule has 1 amide bonds. The van der Waals surface area contributed by atoms with E-state index < -0.39 is 17.7 Å². The molecule has 1 aliphatic heterocycles. The fraction of sp³-hybridized carbons (Fsp3) is 0.214. The van der Waals surface area contributed by atoms with Crippen LogP contribution in [-0.2, 0) is 9.59 Å². The highest BCUT2D eigenvalue weighted by molar-refractivity contribution is 6.51. The molecule has 0 aromatic heterocycles. The largest absolute Gasteiger partial charge is 0.507 e. The van der Waals surface area contributed by atoms with Gasteiger partial charge in [-0.25, -0.2) is 0 Å². The van der Waals surface area contributed by atoms with Crippen molar-refractivity contribution in [2.75, 3.05) is 19.1 Å². The summed E-state index contributed by atoms with van der Waals surface area (Å²) in [6, 6.07) is 17.3. The molecule has 1 unspecified atom stereocenters. The van der Waals surface area contributed by atoms with Gasteiger partial charge in [0.15, 0.2) is 0 Å². The molecular formula is C28H27NO5. The number of anilines is 1. The van der Waals surface area contributed by atoms with Crippen LogP contribution in [0.25, 0.3) is 5.76 Å². The molecule has 174 valence electrons. The lowest BCUT2D eigenvalue weighted by Crippen LogP contribution is -2.30. The predicted molar refractivity (Wildman–Crippen MR) is 131 cm³/mol. The number of Topliss-reactive ketones (excluding diaryl/α,β-unsaturated/α-hetero) is 1. The zero-order valence-corrected chi connectivity index (χ0v) is 19.9. The summed E-state index contributed by atoms with van der Waals surface area (Å²) in [5, 5.41) is 11.4. The second-order valence-electron chi connectivity index (χ2n) is 8.37. The number of ether oxygens (including phenoxy) is 2. The third-order valence-electron chi connectivity index (χ3n) is 6.32. The molecule has 0 spiro atoms. The van der Waals surface area contributed by atoms with Crippen molar-refractivity contribution < 1.29 is 24.2 Å². The first kappa shape index (κ1) is 23.1. The van der Waals surface area contributed by atoms with Gasteiger partial charge in [-0.2, -0.15) is 0 Å². The number of ketones is 1. The second-order valence-corrected chi connectivity index (χ2v) is 8.37. The normalized spacial score (nSPS) is 17.2. The molecule has 1 aliphatic rings. The maximum Gasteiger partial charge on any atom is 0.300 e. The lowest BCUT2D eigenvalue weighted by atomic mass is 9.94. The fourth-order valence-corrected chi connectivity index (χ4v) is 4.33. The lowest BCUT2D eigenvalue weighted by molar-refractivity contribution is -0.132. The number of carbonyl (C=O) groups excluding carboxylic acids is 2. The summed E-state index contributed by atoms with van der Waals surface area (Å²) in [4.78, 5) is 28.3. The van der Waals surface area contributed by atoms with Crippen LogP contribution in [0.4, 0.5) is 5.69 Å². The Balaban J connectivity index is 2.01. The summed E-state index contributed by atoms with van der Waals surface area (Å²) in [5.41, 5.74) is 4.43. The van der Waals surface area contributed by atoms with Gasteiger partial charge in [-0.15, -0.1) is 0 Å². The first-order valence-corrected chi connectivity index (χ1v) is 10.9. The Morgan fingerprint density at radius 2 is 1.62 bits per heavy atom. The maximum atomic E-state index is 13.4. The number of nitrogens with zero attached hydrogens (tertiary/aromatic N) is 1. The monoisotopic (exact) mass is 457 g/mol. The predicted octanol–water partition coefficient (Wildman–Crippen LogP) is 5.26. The molecule has 1 atom stereocenters. The van der Waals surface area contributed by atoms with Crippen LogP contribution < -0.4 is 14.4 Å². The minimum absolute atomic E-state index is 0.0139. The Morgan fingerprint density at radius 1 is 0.912 bits per heavy atom. The van der Waals surface area contributed by atoms with Gasteiger partial charge in [0.25, 0.3) is 11.7 Å². The number of benzene rings is 3. The second kappa shape index (κ2) is 9.06. The van der Waals surface area contributed by atoms with E-state index in [1.165, 1.54) is 12.0 Å². The molecule has 0 saturated carbocycles. The summed E-state index contributed by atoms with van der Waals surface area (Å²) >= 11 is 0. The number of methoxy groups -OCH3 is 2. The first-order chi connectivity index (χ1) is 16.3. The van der Waals surface area contributed by atoms with Crippen molar-refractivity contribution in [2.24, 2.45) is 0 Å². The average molecular weight is 458 g/mol. The van der Waals surface area contributed by atoms with Gasteiger partial charge in [-0.1, -0.05) is 35.9 Å². The van der Waals surface area contributed by atoms with Crippen molar-refractivity contribution in [3.05, 3.63) is 94.1 Å². The Bertz CT molecular complexity index is 1310. The molecule has 1 fully saturated rings. The van der Waals surface area contributed by atoms with Gasteiger partial charge >= 0.3 is 0 Å². The topological polar surface area (TPSA) is 76.1 Å². The van der Waals surface area contributed by atoms with E-state index in [0.29, 0.717) is 28.3 Å². The van der Waals surface area contributed by atoms with E-state index in [2.05, 4.69) is 0 Å². The van der Waals surface area contributed by atoms with Gasteiger partial charge in [0.05, 0.1) is 31.4 Å². The van der Waals surface area contributed by atoms with Gasteiger partial charge in [-0.05, 0) is 67.8 Å². The van der Waals surface area contributed by atoms with E-state index in [-0.39, 0.29) is 11.3 Å². The van der Waals surface area contributed by atoms with Crippen molar-refractivity contribution >= 4 is 23.1 Å². The molecule has 6 nitrogen and oxygen atoms in total. The van der Waals surface area contributed by atoms with Crippen molar-refractivity contribution in [2.45, 2.75) is 26.8 Å². The van der Waals surface area contributed by atoms with Gasteiger partial charge < -0.3 is 14.6 Å². The number of hydrogen-bond donors (Lipinski definition) is 1. The van der Waals surface area contributed by atoms with Crippen LogP contribution in [0.1, 0.15) is 33.9 Å². The third kappa shape index (κ3) is 3.81. The Kier molecular flexibility index (Phi) is 6.16. The van der Waals surface area contributed by atoms with Crippen LogP contribution in [0.2, 0.25) is 0 Å². The SMILES string of the molecule is COc1ccc(C2/C(=C(\O)c3cc(C)ccc3OC)C(=O)C(=O)N2c2cccc(C)c2C)cc1. The molecule has 0 radical (unpaired) electrons. The molecule has 4 rings (SSSR count). The Hall–Kier alpha value is -4.06. The molecular weight excluding hydrogens is 430 g/mol. The van der Waals surface area contributed by atoms with Crippen LogP contribution in [0.15, 0.2) is 66.2 Å². The Morgan fingerprint density at radius 3 is 2.26 bits per heavy atom. The summed E-state index contributed by atoms with van der Waals surface area (Å²) in [5.74, 6) is -0.652. The van der Waals surface area contributed by atoms with E-state index >= 15 is 0 Å². The van der Waals surface area contributed by atoms with E-state index in [9.17, 15) is 14.7 Å². The van der Waals surface area contributed by atoms with E-state index in [1.54, 1.807) is 43.5 Å². The lowest BCUT2D eigenvalue weighted by Gasteiger charge is -2.27. The number of carbonyl (C=O) groups is 2. The summed E-state index contributed by atoms with van der Waals surface area (Å²) in [7, 11) is 3.07. The highest BCUT2D eigenvalue weighted by Crippen LogP contribution is 2.44. The molecule has 0 bridgehead atoms. The Labute approximate surface area is 199 Å². The maximum absolute atomic E-state index is 13.4. The number of amides is 1. The number of aryl methyl sites for hydroxylation is 2. The summed E-state index contributed by atoms with van der Waals surface area (Å²) in [6.07, 6.45) is 0. The van der Waals surface area contributed by atoms with E-state index in [1.807, 2.05) is 45.0 Å². The van der Waals surface area contributed by atoms with Crippen LogP contribution >= 0.6 is 0 Å². The van der Waals surface area contributed by atoms with Gasteiger partial charge in [0, 0.05) is 5.69 Å². The van der Waals surface area contributed by atoms with Gasteiger partial charge in [0.2, 0.25) is 0 Å². The zero-order chi connectivity index (χ0) is 24.6. The molecule has 34 heavy (non-hydrogen) atoms. The molecule has 0 aliphatic carbocycles. The molecule has 1 N–H and O–H groups in total. The van der Waals surface area contributed by atoms with Crippen LogP contribution in [0, 0.1) is 20.8 Å². The number of aliphatic hydroxyl groups is 1. The van der Waals surface area contributed by atoms with Crippen LogP contribution in [-0.4, -0.2) is 31.0 Å². The standard InChI is InChI=1S/C28H27NO5/c1-16-9-14-23(34-5)21(15-16)26(30)24-25(19-10-12-20(33-4)13-11-19)29(28(32)27(24)31)22-8-6-7-17(2)18(22)3/h6-15,25,30H,1-5H3/b26-24+. The van der Waals surface area contributed by atoms with Crippen molar-refractivity contribution in [1.82, 2.24) is 0 Å². The van der Waals surface area contributed by atoms with Gasteiger partial charge in [0.1, 0.15) is 17.3 Å². The van der Waals surface area contributed by atoms with Crippen LogP contribution in [0.3, 0.4) is 0 Å². The number of aliphatic hydroxyl groups excluding tert-OH is 1. The highest BCUT2D eigenvalue weighted by Gasteiger charge is 2.47. The summed E-state index contributed by atoms with van der Waals surface area (Å²) in [6.45, 7) is 5.75. The zero-order valence-electron chi connectivity index (χ0n) is 19.9. The van der Waals surface area contributed by atoms with Crippen LogP contribution in [0.5, 0.6) is 11.5 Å². The third-order valence-corrected chi connectivity index (χ3v) is 6.32. The number of rotatable bonds is 5. The van der Waals surface area contributed by atoms with E-state index in [0.717, 1.165) is 16.7 Å². The number of hydrogen-bond acceptors (Lipinski definition) is 5. The fourth-order valence-electron chi connectivity index (χ4n) is 4.33. The highest BCUT2D eigenvalue weighted by atomic mass is 16.5. The quantitative estimate of drug-likeness (QED) is 0.322. The summed E-state index contributed by atoms with van der Waals surface area (Å²) < 4.78 is 10.7. The van der Waals surface area contributed by atoms with Gasteiger partial charge in [-0.3, -0.25) is 14.5 Å². The minimum Gasteiger partial charge on any atom is -0.507 e. The molecule has 1 heterocycles. The molecule has 6 heteroatoms. The van der Waals surface area contributed by atoms with Crippen molar-refractivity contribution in [3.63, 3.8) is 0 Å². The minimum atomic E-state index is -0.823. The van der Waals surface area contributed by atoms with Crippen molar-refractivity contribution in [3.8, 4) is 11.5 Å². The average Bonchev–Trinajstić information content (AvgIpc) is 3.10. The van der Waals surface area contributed by atoms with E-state index in [4.69, 9.17) is 9.47 Å². The molecule has 3 aromatic carbocycles. The van der Waals surface area contributed by atoms with Crippen molar-refractivity contribution in [1.29, 1.82) is 0 Å². The smallest absolute Gasteiger partial charge is 0.300 e. The molecule has 3 aromatic rings. The first-order valence-electron chi connectivity index (χ1n) is 10.9. The molecule has 1 saturated heterocycles.